The van der Waals surface area contributed by atoms with E-state index in [4.69, 9.17) is 23.8 Å². The Morgan fingerprint density at radius 2 is 0.475 bits per heavy atom. The lowest BCUT2D eigenvalue weighted by molar-refractivity contribution is 0.668. The molecule has 0 aliphatic heterocycles. The predicted molar refractivity (Wildman–Crippen MR) is 504 cm³/mol. The van der Waals surface area contributed by atoms with Gasteiger partial charge in [0.05, 0.1) is 55.2 Å². The second-order valence-corrected chi connectivity index (χ2v) is 33.5. The van der Waals surface area contributed by atoms with Gasteiger partial charge in [0.15, 0.2) is 0 Å². The van der Waals surface area contributed by atoms with Crippen LogP contribution < -0.4 is 32.8 Å². The van der Waals surface area contributed by atoms with Gasteiger partial charge in [-0.15, -0.1) is 0 Å². The lowest BCUT2D eigenvalue weighted by Crippen LogP contribution is -2.55. The Hall–Kier alpha value is -14.7. The van der Waals surface area contributed by atoms with Crippen LogP contribution in [0, 0.1) is 62.3 Å². The molecule has 568 valence electrons. The lowest BCUT2D eigenvalue weighted by atomic mass is 9.34. The third kappa shape index (κ3) is 10.2. The van der Waals surface area contributed by atoms with E-state index in [2.05, 4.69) is 395 Å². The molecule has 0 atom stereocenters. The Bertz CT molecular complexity index is 8380. The summed E-state index contributed by atoms with van der Waals surface area (Å²) in [6.45, 7) is 20.3. The molecule has 0 aliphatic rings. The van der Waals surface area contributed by atoms with Crippen LogP contribution in [0.2, 0.25) is 0 Å². The van der Waals surface area contributed by atoms with Gasteiger partial charge in [-0.05, 0) is 172 Å². The zero-order chi connectivity index (χ0) is 80.4. The van der Waals surface area contributed by atoms with E-state index in [1.54, 1.807) is 0 Å². The van der Waals surface area contributed by atoms with Crippen molar-refractivity contribution in [3.05, 3.63) is 359 Å². The number of para-hydroxylation sites is 6. The van der Waals surface area contributed by atoms with E-state index in [0.717, 1.165) is 164 Å². The first-order valence-electron chi connectivity index (χ1n) is 41.6. The topological polar surface area (TPSA) is 89.6 Å². The quantitative estimate of drug-likeness (QED) is 0.120. The summed E-state index contributed by atoms with van der Waals surface area (Å²) in [7, 11) is 0. The number of hydrogen-bond acceptors (Lipinski definition) is 5. The summed E-state index contributed by atoms with van der Waals surface area (Å²) in [5.74, 6) is 1.47. The number of fused-ring (bicyclic) bond motifs is 23. The molecule has 10 nitrogen and oxygen atoms in total. The summed E-state index contributed by atoms with van der Waals surface area (Å²) in [4.78, 5) is 17.5. The molecule has 24 rings (SSSR count). The fourth-order valence-corrected chi connectivity index (χ4v) is 21.6. The third-order valence-corrected chi connectivity index (χ3v) is 26.1. The van der Waals surface area contributed by atoms with Gasteiger partial charge < -0.3 is 18.0 Å². The van der Waals surface area contributed by atoms with Crippen molar-refractivity contribution in [2.45, 2.75) is 62.3 Å². The lowest BCUT2D eigenvalue weighted by Gasteiger charge is -2.24. The summed E-state index contributed by atoms with van der Waals surface area (Å²) in [5.41, 5.74) is 35.0. The van der Waals surface area contributed by atoms with E-state index in [1.807, 2.05) is 0 Å². The van der Waals surface area contributed by atoms with Gasteiger partial charge in [-0.3, -0.25) is 13.7 Å². The van der Waals surface area contributed by atoms with Crippen LogP contribution in [-0.4, -0.2) is 51.2 Å². The van der Waals surface area contributed by atoms with Crippen LogP contribution in [0.1, 0.15) is 50.1 Å². The fourth-order valence-electron chi connectivity index (χ4n) is 21.6. The molecule has 120 heavy (non-hydrogen) atoms. The van der Waals surface area contributed by atoms with Gasteiger partial charge in [0.25, 0.3) is 0 Å². The van der Waals surface area contributed by atoms with Crippen LogP contribution >= 0.6 is 0 Å². The van der Waals surface area contributed by atoms with Crippen molar-refractivity contribution in [2.24, 2.45) is 0 Å². The molecule has 0 N–H and O–H groups in total. The van der Waals surface area contributed by atoms with Gasteiger partial charge >= 0.3 is 0 Å². The van der Waals surface area contributed by atoms with Crippen molar-refractivity contribution in [1.82, 2.24) is 37.8 Å². The first-order chi connectivity index (χ1) is 58.7. The minimum absolute atomic E-state index is 0.00470. The van der Waals surface area contributed by atoms with Crippen LogP contribution in [0.4, 0.5) is 0 Å². The number of nitrogens with zero attached hydrogens (tertiary/aromatic N) is 8. The summed E-state index contributed by atoms with van der Waals surface area (Å²) in [5, 5.41) is 15.4. The van der Waals surface area contributed by atoms with Crippen molar-refractivity contribution in [3.63, 3.8) is 0 Å². The van der Waals surface area contributed by atoms with Crippen LogP contribution in [0.3, 0.4) is 0 Å². The zero-order valence-electron chi connectivity index (χ0n) is 68.0. The molecule has 0 fully saturated rings. The minimum Gasteiger partial charge on any atom is -0.456 e. The molecule has 0 amide bonds. The van der Waals surface area contributed by atoms with E-state index in [0.29, 0.717) is 17.8 Å². The average molecular weight is 1540 g/mol. The maximum Gasteiger partial charge on any atom is 0.242 e. The van der Waals surface area contributed by atoms with Crippen LogP contribution in [0.5, 0.6) is 0 Å². The van der Waals surface area contributed by atoms with Gasteiger partial charge in [-0.1, -0.05) is 283 Å². The number of aryl methyl sites for hydroxylation is 9. The maximum atomic E-state index is 6.83. The van der Waals surface area contributed by atoms with Crippen LogP contribution in [0.25, 0.3) is 182 Å². The van der Waals surface area contributed by atoms with Gasteiger partial charge in [0.1, 0.15) is 22.3 Å². The monoisotopic (exact) mass is 1540 g/mol. The molecular weight excluding hydrogens is 1460 g/mol. The van der Waals surface area contributed by atoms with E-state index < -0.39 is 0 Å². The van der Waals surface area contributed by atoms with Gasteiger partial charge in [0.2, 0.25) is 31.3 Å². The highest BCUT2D eigenvalue weighted by atomic mass is 16.3. The van der Waals surface area contributed by atoms with Crippen molar-refractivity contribution in [1.29, 1.82) is 0 Å². The summed E-state index contributed by atoms with van der Waals surface area (Å²) in [6.07, 6.45) is 0. The number of rotatable bonds is 11. The molecule has 0 unspecified atom stereocenters. The smallest absolute Gasteiger partial charge is 0.242 e. The number of benzene rings is 16. The van der Waals surface area contributed by atoms with E-state index in [1.165, 1.54) is 82.8 Å². The molecule has 12 heteroatoms. The summed E-state index contributed by atoms with van der Waals surface area (Å²) < 4.78 is 25.3. The Kier molecular flexibility index (Phi) is 15.1. The largest absolute Gasteiger partial charge is 0.456 e. The van der Waals surface area contributed by atoms with Crippen molar-refractivity contribution < 1.29 is 8.83 Å². The highest BCUT2D eigenvalue weighted by molar-refractivity contribution is 6.97. The third-order valence-electron chi connectivity index (χ3n) is 26.1. The summed E-state index contributed by atoms with van der Waals surface area (Å²) in [6, 6.07) is 114. The second-order valence-electron chi connectivity index (χ2n) is 33.5. The molecule has 0 saturated carbocycles. The van der Waals surface area contributed by atoms with Crippen molar-refractivity contribution in [2.75, 3.05) is 0 Å². The molecule has 0 saturated heterocycles. The fraction of sp³-hybridized carbons (Fsp3) is 0.0833. The zero-order valence-corrected chi connectivity index (χ0v) is 68.0. The molecule has 0 bridgehead atoms. The number of aromatic nitrogens is 8. The van der Waals surface area contributed by atoms with Crippen molar-refractivity contribution in [3.8, 4) is 29.2 Å². The minimum atomic E-state index is 0.00470. The molecule has 0 aliphatic carbocycles. The Morgan fingerprint density at radius 3 is 0.833 bits per heavy atom. The Labute approximate surface area is 692 Å². The molecule has 8 aromatic heterocycles. The molecule has 24 aromatic rings. The van der Waals surface area contributed by atoms with Crippen LogP contribution in [-0.2, 0) is 0 Å². The van der Waals surface area contributed by atoms with Gasteiger partial charge in [-0.25, -0.2) is 0 Å². The molecule has 0 spiro atoms. The normalized spacial score (nSPS) is 12.2. The SMILES string of the molecule is Cc1cc(C)c(B(c2ccccc2)c2ccc3oc4ccc(-n5c6ccccc6c6c7c8ccccc8n(-c8nc(-n9c%10ccccc%10c%10ccccc%109)nc(-n9c%10ccccc%10c%10c%11c%12ccccc%12n(-c%12ccc%13oc%14ccc(B(c%15c(C)cc(C)cc%15C)c%15c(C)cc(C)cc%15C)cc%14c%13c%12)c%11ccc%109)n8)c7ccc65)cc4c3c2)c(C)c1. The Balaban J connectivity index is 0.701. The summed E-state index contributed by atoms with van der Waals surface area (Å²) >= 11 is 0. The molecule has 16 aromatic carbocycles. The van der Waals surface area contributed by atoms with Gasteiger partial charge in [-0.2, -0.15) is 15.0 Å². The second kappa shape index (κ2) is 26.1. The Morgan fingerprint density at radius 1 is 0.208 bits per heavy atom. The average Bonchev–Trinajstić information content (AvgIpc) is 1.54. The number of furan rings is 2. The molecular formula is C108H78B2N8O2. The first-order valence-corrected chi connectivity index (χ1v) is 41.6. The maximum absolute atomic E-state index is 6.83. The van der Waals surface area contributed by atoms with E-state index in [-0.39, 0.29) is 13.4 Å². The van der Waals surface area contributed by atoms with Crippen LogP contribution in [0.15, 0.2) is 318 Å². The predicted octanol–water partition coefficient (Wildman–Crippen LogP) is 23.0. The van der Waals surface area contributed by atoms with E-state index >= 15 is 0 Å². The molecule has 0 radical (unpaired) electrons. The van der Waals surface area contributed by atoms with E-state index in [9.17, 15) is 0 Å². The van der Waals surface area contributed by atoms with Gasteiger partial charge in [0, 0.05) is 86.8 Å². The standard InChI is InChI=1S/C108H78B2N8O2/c1-61-51-64(4)103(65(5)52-61)109(70-25-11-10-12-26-70)71-39-47-95-81(57-71)83-59-73(41-49-97(83)119-95)114-87-35-21-15-29-77(87)99-91(114)43-45-93-101(99)79-31-17-23-37-89(79)117(93)107-111-106(116-85-33-19-13-27-75(85)76-28-14-20-34-86(76)116)112-108(113-107)118-90-38-24-18-32-80(90)102-94(118)46-44-92-100(102)78-30-16-22-36-88(78)115(92)74-42-50-98-84(60-74)82-58-72(40-48-96(82)120-98)110(104-66(6)53-62(2)54-67(104)7)105-68(8)55-63(3)56-69(105)9/h10-60H,1-9H3. The van der Waals surface area contributed by atoms with Crippen molar-refractivity contribution >= 4 is 199 Å². The molecule has 8 heterocycles. The first kappa shape index (κ1) is 69.6. The highest BCUT2D eigenvalue weighted by Gasteiger charge is 2.33. The highest BCUT2D eigenvalue weighted by Crippen LogP contribution is 2.47. The number of hydrogen-bond donors (Lipinski definition) is 0.